The van der Waals surface area contributed by atoms with Crippen molar-refractivity contribution in [3.05, 3.63) is 65.0 Å². The Labute approximate surface area is 203 Å². The summed E-state index contributed by atoms with van der Waals surface area (Å²) >= 11 is 0. The van der Waals surface area contributed by atoms with Gasteiger partial charge in [0.1, 0.15) is 19.2 Å². The van der Waals surface area contributed by atoms with Gasteiger partial charge in [0, 0.05) is 6.54 Å². The number of hydrogen-bond donors (Lipinski definition) is 2. The summed E-state index contributed by atoms with van der Waals surface area (Å²) in [6.45, 7) is 7.58. The highest BCUT2D eigenvalue weighted by Crippen LogP contribution is 2.21. The molecule has 2 aromatic rings. The molecule has 2 N–H and O–H groups in total. The molecule has 0 saturated carbocycles. The Morgan fingerprint density at radius 3 is 2.56 bits per heavy atom. The van der Waals surface area contributed by atoms with Gasteiger partial charge in [0.15, 0.2) is 5.76 Å². The Hall–Kier alpha value is -3.29. The van der Waals surface area contributed by atoms with Gasteiger partial charge in [0.25, 0.3) is 5.91 Å². The molecule has 8 heteroatoms. The van der Waals surface area contributed by atoms with Gasteiger partial charge in [-0.15, -0.1) is 0 Å². The van der Waals surface area contributed by atoms with E-state index >= 15 is 0 Å². The van der Waals surface area contributed by atoms with E-state index in [2.05, 4.69) is 17.6 Å². The summed E-state index contributed by atoms with van der Waals surface area (Å²) in [6, 6.07) is 10.7. The van der Waals surface area contributed by atoms with E-state index < -0.39 is 23.6 Å². The van der Waals surface area contributed by atoms with E-state index in [1.54, 1.807) is 20.8 Å². The van der Waals surface area contributed by atoms with E-state index in [1.165, 1.54) is 12.1 Å². The van der Waals surface area contributed by atoms with Crippen LogP contribution in [0.15, 0.2) is 46.9 Å². The smallest absolute Gasteiger partial charge is 0.407 e. The molecule has 1 aromatic heterocycles. The lowest BCUT2D eigenvalue weighted by Gasteiger charge is -2.22. The number of benzene rings is 1. The van der Waals surface area contributed by atoms with Crippen LogP contribution in [-0.4, -0.2) is 44.2 Å². The minimum absolute atomic E-state index is 0.0585. The van der Waals surface area contributed by atoms with Crippen molar-refractivity contribution >= 4 is 37.1 Å². The van der Waals surface area contributed by atoms with Gasteiger partial charge in [-0.05, 0) is 57.2 Å². The van der Waals surface area contributed by atoms with E-state index in [0.29, 0.717) is 29.6 Å². The van der Waals surface area contributed by atoms with Gasteiger partial charge in [0.2, 0.25) is 0 Å². The van der Waals surface area contributed by atoms with Gasteiger partial charge < -0.3 is 25.2 Å². The predicted molar refractivity (Wildman–Crippen MR) is 137 cm³/mol. The van der Waals surface area contributed by atoms with E-state index in [-0.39, 0.29) is 12.3 Å². The van der Waals surface area contributed by atoms with Crippen molar-refractivity contribution in [3.8, 4) is 0 Å². The summed E-state index contributed by atoms with van der Waals surface area (Å²) in [7, 11) is 6.11. The molecule has 1 heterocycles. The van der Waals surface area contributed by atoms with Crippen molar-refractivity contribution in [1.82, 2.24) is 10.6 Å². The first-order valence-electron chi connectivity index (χ1n) is 11.5. The highest BCUT2D eigenvalue weighted by Gasteiger charge is 2.22. The average molecular weight is 462 g/mol. The fourth-order valence-electron chi connectivity index (χ4n) is 3.35. The second kappa shape index (κ2) is 12.8. The fourth-order valence-corrected chi connectivity index (χ4v) is 3.35. The number of allylic oxidation sites excluding steroid dienone is 2. The topological polar surface area (TPSA) is 103 Å². The molecule has 0 aliphatic heterocycles. The molecular weight excluding hydrogens is 429 g/mol. The molecule has 1 atom stereocenters. The second-order valence-corrected chi connectivity index (χ2v) is 9.08. The van der Waals surface area contributed by atoms with E-state index in [4.69, 9.17) is 17.0 Å². The zero-order valence-electron chi connectivity index (χ0n) is 20.4. The minimum Gasteiger partial charge on any atom is -0.811 e. The predicted octanol–water partition coefficient (Wildman–Crippen LogP) is 4.15. The van der Waals surface area contributed by atoms with Crippen molar-refractivity contribution < 1.29 is 18.7 Å². The van der Waals surface area contributed by atoms with Crippen molar-refractivity contribution in [3.63, 3.8) is 0 Å². The van der Waals surface area contributed by atoms with Crippen LogP contribution in [0.5, 0.6) is 0 Å². The lowest BCUT2D eigenvalue weighted by molar-refractivity contribution is 0.0519. The van der Waals surface area contributed by atoms with Gasteiger partial charge in [-0.2, -0.15) is 6.21 Å². The van der Waals surface area contributed by atoms with E-state index in [9.17, 15) is 15.0 Å². The van der Waals surface area contributed by atoms with Crippen LogP contribution in [-0.2, 0) is 11.2 Å². The lowest BCUT2D eigenvalue weighted by atomic mass is 9.91. The summed E-state index contributed by atoms with van der Waals surface area (Å²) in [4.78, 5) is 25.1. The van der Waals surface area contributed by atoms with E-state index in [1.807, 2.05) is 30.3 Å². The van der Waals surface area contributed by atoms with Gasteiger partial charge in [-0.3, -0.25) is 4.79 Å². The molecule has 2 radical (unpaired) electrons. The summed E-state index contributed by atoms with van der Waals surface area (Å²) < 4.78 is 11.1. The maximum Gasteiger partial charge on any atom is 0.407 e. The molecule has 0 spiro atoms. The molecule has 1 unspecified atom stereocenters. The first-order chi connectivity index (χ1) is 16.1. The molecule has 2 rings (SSSR count). The molecule has 180 valence electrons. The highest BCUT2D eigenvalue weighted by molar-refractivity contribution is 6.34. The molecule has 2 amide bonds. The van der Waals surface area contributed by atoms with Gasteiger partial charge in [0.05, 0.1) is 6.04 Å². The third-order valence-corrected chi connectivity index (χ3v) is 4.90. The number of rotatable bonds is 11. The number of carbonyl (C=O) groups is 2. The summed E-state index contributed by atoms with van der Waals surface area (Å²) in [5.74, 6) is -0.0220. The van der Waals surface area contributed by atoms with Crippen LogP contribution in [0.2, 0.25) is 0 Å². The summed E-state index contributed by atoms with van der Waals surface area (Å²) in [5.41, 5.74) is 1.41. The standard InChI is InChI=1S/C26H33BN3O4/c1-5-6-12-19(13-14-28)23-21(27)16-22(33-23)24(31)30-20(15-18-10-8-7-9-11-18)17-29-25(32)34-26(2,3)4/h7-11,13-14,16,20H,5-6,12,15,17H2,1-4H3,(H,29,32)(H,30,31)/q-1/b19-13+. The zero-order valence-corrected chi connectivity index (χ0v) is 20.4. The second-order valence-electron chi connectivity index (χ2n) is 9.08. The van der Waals surface area contributed by atoms with E-state index in [0.717, 1.165) is 24.6 Å². The van der Waals surface area contributed by atoms with Gasteiger partial charge >= 0.3 is 6.09 Å². The Morgan fingerprint density at radius 2 is 1.94 bits per heavy atom. The molecule has 1 aromatic carbocycles. The Kier molecular flexibility index (Phi) is 10.2. The molecule has 0 aliphatic rings. The average Bonchev–Trinajstić information content (AvgIpc) is 3.16. The fraction of sp³-hybridized carbons (Fsp3) is 0.423. The lowest BCUT2D eigenvalue weighted by Crippen LogP contribution is -2.46. The normalized spacial score (nSPS) is 12.6. The Balaban J connectivity index is 2.16. The van der Waals surface area contributed by atoms with Gasteiger partial charge in [-0.1, -0.05) is 55.2 Å². The molecule has 7 nitrogen and oxygen atoms in total. The van der Waals surface area contributed by atoms with Crippen molar-refractivity contribution in [1.29, 1.82) is 0 Å². The highest BCUT2D eigenvalue weighted by atomic mass is 16.6. The summed E-state index contributed by atoms with van der Waals surface area (Å²) in [6.07, 6.45) is 4.89. The van der Waals surface area contributed by atoms with Crippen LogP contribution >= 0.6 is 0 Å². The number of nitrogens with zero attached hydrogens (tertiary/aromatic N) is 1. The molecule has 0 fully saturated rings. The first-order valence-corrected chi connectivity index (χ1v) is 11.5. The number of amides is 2. The number of furan rings is 1. The first kappa shape index (κ1) is 27.0. The largest absolute Gasteiger partial charge is 0.811 e. The zero-order chi connectivity index (χ0) is 25.1. The number of carbonyl (C=O) groups excluding carboxylic acids is 2. The van der Waals surface area contributed by atoms with Crippen molar-refractivity contribution in [2.75, 3.05) is 6.54 Å². The number of alkyl carbamates (subject to hydrolysis) is 1. The molecule has 0 aliphatic carbocycles. The molecule has 0 saturated heterocycles. The molecule has 34 heavy (non-hydrogen) atoms. The number of hydrogen-bond acceptors (Lipinski definition) is 4. The van der Waals surface area contributed by atoms with Crippen LogP contribution in [0.3, 0.4) is 0 Å². The summed E-state index contributed by atoms with van der Waals surface area (Å²) in [5, 5.41) is 14.9. The maximum absolute atomic E-state index is 13.0. The number of unbranched alkanes of at least 4 members (excludes halogenated alkanes) is 1. The van der Waals surface area contributed by atoms with Crippen LogP contribution < -0.4 is 16.1 Å². The van der Waals surface area contributed by atoms with Crippen LogP contribution in [0.25, 0.3) is 11.0 Å². The van der Waals surface area contributed by atoms with Crippen LogP contribution in [0.1, 0.15) is 68.8 Å². The monoisotopic (exact) mass is 462 g/mol. The van der Waals surface area contributed by atoms with Crippen LogP contribution in [0.4, 0.5) is 4.79 Å². The van der Waals surface area contributed by atoms with Crippen LogP contribution in [0, 0.1) is 0 Å². The van der Waals surface area contributed by atoms with Crippen molar-refractivity contribution in [2.45, 2.75) is 65.0 Å². The Bertz CT molecular complexity index is 993. The third kappa shape index (κ3) is 8.92. The maximum atomic E-state index is 13.0. The quantitative estimate of drug-likeness (QED) is 0.387. The number of nitrogens with one attached hydrogen (secondary N) is 2. The van der Waals surface area contributed by atoms with Crippen molar-refractivity contribution in [2.24, 2.45) is 0 Å². The minimum atomic E-state index is -0.626. The van der Waals surface area contributed by atoms with Gasteiger partial charge in [-0.25, -0.2) is 4.79 Å². The molecule has 0 bridgehead atoms. The SMILES string of the molecule is [B]c1cc(C(=O)NC(CNC(=O)OC(C)(C)C)Cc2ccccc2)oc1/C(=C/C=[N-])CCCC. The number of ether oxygens (including phenoxy) is 1. The molecular formula is C26H33BN3O4-. The Morgan fingerprint density at radius 1 is 1.24 bits per heavy atom. The third-order valence-electron chi connectivity index (χ3n) is 4.90.